The largest absolute Gasteiger partial charge is 0.508 e. The lowest BCUT2D eigenvalue weighted by molar-refractivity contribution is 0.162. The molecule has 0 aliphatic carbocycles. The quantitative estimate of drug-likeness (QED) is 0.737. The van der Waals surface area contributed by atoms with E-state index in [1.807, 2.05) is 6.07 Å². The summed E-state index contributed by atoms with van der Waals surface area (Å²) in [5.41, 5.74) is 2.26. The van der Waals surface area contributed by atoms with Crippen LogP contribution in [0.15, 0.2) is 18.2 Å². The summed E-state index contributed by atoms with van der Waals surface area (Å²) in [6.45, 7) is 1.45. The number of hydrogen-bond donors (Lipinski definition) is 2. The molecule has 0 radical (unpaired) electrons. The lowest BCUT2D eigenvalue weighted by Gasteiger charge is -2.25. The molecule has 0 spiro atoms. The summed E-state index contributed by atoms with van der Waals surface area (Å²) in [5.74, 6) is 0.394. The van der Waals surface area contributed by atoms with Crippen LogP contribution in [-0.4, -0.2) is 24.9 Å². The Morgan fingerprint density at radius 3 is 3.21 bits per heavy atom. The van der Waals surface area contributed by atoms with E-state index in [1.165, 1.54) is 5.56 Å². The van der Waals surface area contributed by atoms with Crippen molar-refractivity contribution in [1.29, 1.82) is 0 Å². The van der Waals surface area contributed by atoms with Gasteiger partial charge < -0.3 is 15.2 Å². The van der Waals surface area contributed by atoms with E-state index in [4.69, 9.17) is 4.74 Å². The molecule has 0 saturated carbocycles. The minimum Gasteiger partial charge on any atom is -0.508 e. The van der Waals surface area contributed by atoms with E-state index in [0.717, 1.165) is 25.1 Å². The fraction of sp³-hybridized carbons (Fsp3) is 0.455. The second-order valence-electron chi connectivity index (χ2n) is 3.65. The van der Waals surface area contributed by atoms with Crippen molar-refractivity contribution < 1.29 is 9.84 Å². The number of fused-ring (bicyclic) bond motifs is 1. The third-order valence-corrected chi connectivity index (χ3v) is 2.65. The Bertz CT molecular complexity index is 325. The first-order valence-electron chi connectivity index (χ1n) is 4.83. The fourth-order valence-electron chi connectivity index (χ4n) is 1.92. The van der Waals surface area contributed by atoms with Gasteiger partial charge >= 0.3 is 0 Å². The summed E-state index contributed by atoms with van der Waals surface area (Å²) in [5, 5.41) is 12.9. The summed E-state index contributed by atoms with van der Waals surface area (Å²) in [6.07, 6.45) is 0.928. The molecule has 0 bridgehead atoms. The first kappa shape index (κ1) is 9.49. The summed E-state index contributed by atoms with van der Waals surface area (Å²) in [6, 6.07) is 6.06. The highest BCUT2D eigenvalue weighted by atomic mass is 16.5. The molecular formula is C11H15NO2. The second kappa shape index (κ2) is 3.98. The normalized spacial score (nSPS) is 20.5. The van der Waals surface area contributed by atoms with E-state index >= 15 is 0 Å². The number of benzene rings is 1. The average Bonchev–Trinajstić information content (AvgIpc) is 2.18. The molecule has 1 aliphatic heterocycles. The van der Waals surface area contributed by atoms with Gasteiger partial charge in [0.15, 0.2) is 0 Å². The number of phenols is 1. The predicted molar refractivity (Wildman–Crippen MR) is 54.3 cm³/mol. The molecule has 0 saturated heterocycles. The van der Waals surface area contributed by atoms with Gasteiger partial charge in [0, 0.05) is 25.3 Å². The molecule has 1 unspecified atom stereocenters. The molecule has 0 aromatic heterocycles. The zero-order chi connectivity index (χ0) is 9.97. The highest BCUT2D eigenvalue weighted by Gasteiger charge is 2.19. The van der Waals surface area contributed by atoms with Crippen molar-refractivity contribution in [3.8, 4) is 5.75 Å². The van der Waals surface area contributed by atoms with Crippen molar-refractivity contribution in [3.63, 3.8) is 0 Å². The van der Waals surface area contributed by atoms with Gasteiger partial charge in [0.05, 0.1) is 6.61 Å². The molecule has 0 amide bonds. The Hall–Kier alpha value is -1.06. The number of phenolic OH excluding ortho intramolecular Hbond substituents is 1. The molecular weight excluding hydrogens is 178 g/mol. The van der Waals surface area contributed by atoms with Crippen LogP contribution in [-0.2, 0) is 17.7 Å². The van der Waals surface area contributed by atoms with Crippen molar-refractivity contribution in [1.82, 2.24) is 5.32 Å². The van der Waals surface area contributed by atoms with Gasteiger partial charge in [0.1, 0.15) is 5.75 Å². The molecule has 1 aromatic rings. The van der Waals surface area contributed by atoms with Crippen LogP contribution in [0.3, 0.4) is 0 Å². The summed E-state index contributed by atoms with van der Waals surface area (Å²) in [4.78, 5) is 0. The van der Waals surface area contributed by atoms with Gasteiger partial charge in [-0.3, -0.25) is 0 Å². The van der Waals surface area contributed by atoms with Crippen LogP contribution in [0.4, 0.5) is 0 Å². The summed E-state index contributed by atoms with van der Waals surface area (Å²) < 4.78 is 5.10. The molecule has 1 heterocycles. The maximum absolute atomic E-state index is 9.60. The lowest BCUT2D eigenvalue weighted by Crippen LogP contribution is -2.38. The first-order chi connectivity index (χ1) is 6.81. The Labute approximate surface area is 83.7 Å². The standard InChI is InChI=1S/C11H15NO2/c1-14-7-9-5-8-3-2-4-11(13)10(8)6-12-9/h2-4,9,12-13H,5-7H2,1H3. The summed E-state index contributed by atoms with van der Waals surface area (Å²) in [7, 11) is 1.71. The molecule has 0 fully saturated rings. The molecule has 14 heavy (non-hydrogen) atoms. The van der Waals surface area contributed by atoms with Crippen molar-refractivity contribution in [2.75, 3.05) is 13.7 Å². The highest BCUT2D eigenvalue weighted by molar-refractivity contribution is 5.41. The Kier molecular flexibility index (Phi) is 2.70. The van der Waals surface area contributed by atoms with Crippen LogP contribution in [0.5, 0.6) is 5.75 Å². The Balaban J connectivity index is 2.18. The van der Waals surface area contributed by atoms with Gasteiger partial charge in [-0.25, -0.2) is 0 Å². The Morgan fingerprint density at radius 1 is 1.57 bits per heavy atom. The van der Waals surface area contributed by atoms with Crippen molar-refractivity contribution in [3.05, 3.63) is 29.3 Å². The van der Waals surface area contributed by atoms with Gasteiger partial charge in [0.2, 0.25) is 0 Å². The van der Waals surface area contributed by atoms with Gasteiger partial charge in [-0.1, -0.05) is 12.1 Å². The maximum Gasteiger partial charge on any atom is 0.120 e. The Morgan fingerprint density at radius 2 is 2.43 bits per heavy atom. The van der Waals surface area contributed by atoms with Crippen molar-refractivity contribution in [2.24, 2.45) is 0 Å². The molecule has 1 aliphatic rings. The van der Waals surface area contributed by atoms with Crippen LogP contribution >= 0.6 is 0 Å². The second-order valence-corrected chi connectivity index (χ2v) is 3.65. The monoisotopic (exact) mass is 193 g/mol. The van der Waals surface area contributed by atoms with E-state index in [0.29, 0.717) is 11.8 Å². The minimum atomic E-state index is 0.370. The SMILES string of the molecule is COCC1Cc2cccc(O)c2CN1. The summed E-state index contributed by atoms with van der Waals surface area (Å²) >= 11 is 0. The number of ether oxygens (including phenoxy) is 1. The van der Waals surface area contributed by atoms with Crippen LogP contribution in [0.25, 0.3) is 0 Å². The number of nitrogens with one attached hydrogen (secondary N) is 1. The fourth-order valence-corrected chi connectivity index (χ4v) is 1.92. The molecule has 1 atom stereocenters. The third kappa shape index (κ3) is 1.74. The average molecular weight is 193 g/mol. The third-order valence-electron chi connectivity index (χ3n) is 2.65. The number of rotatable bonds is 2. The van der Waals surface area contributed by atoms with Crippen LogP contribution in [0, 0.1) is 0 Å². The van der Waals surface area contributed by atoms with E-state index in [9.17, 15) is 5.11 Å². The van der Waals surface area contributed by atoms with E-state index in [2.05, 4.69) is 11.4 Å². The van der Waals surface area contributed by atoms with E-state index in [-0.39, 0.29) is 0 Å². The van der Waals surface area contributed by atoms with Gasteiger partial charge in [-0.05, 0) is 18.1 Å². The maximum atomic E-state index is 9.60. The highest BCUT2D eigenvalue weighted by Crippen LogP contribution is 2.25. The van der Waals surface area contributed by atoms with Gasteiger partial charge in [0.25, 0.3) is 0 Å². The number of hydrogen-bond acceptors (Lipinski definition) is 3. The van der Waals surface area contributed by atoms with Crippen LogP contribution < -0.4 is 5.32 Å². The van der Waals surface area contributed by atoms with Crippen molar-refractivity contribution in [2.45, 2.75) is 19.0 Å². The molecule has 1 aromatic carbocycles. The zero-order valence-corrected chi connectivity index (χ0v) is 8.29. The van der Waals surface area contributed by atoms with Crippen LogP contribution in [0.1, 0.15) is 11.1 Å². The van der Waals surface area contributed by atoms with Crippen LogP contribution in [0.2, 0.25) is 0 Å². The predicted octanol–water partition coefficient (Wildman–Crippen LogP) is 1.05. The van der Waals surface area contributed by atoms with Gasteiger partial charge in [-0.15, -0.1) is 0 Å². The molecule has 3 nitrogen and oxygen atoms in total. The van der Waals surface area contributed by atoms with E-state index < -0.39 is 0 Å². The smallest absolute Gasteiger partial charge is 0.120 e. The number of aromatic hydroxyl groups is 1. The molecule has 2 rings (SSSR count). The first-order valence-corrected chi connectivity index (χ1v) is 4.83. The lowest BCUT2D eigenvalue weighted by atomic mass is 9.95. The molecule has 76 valence electrons. The van der Waals surface area contributed by atoms with E-state index in [1.54, 1.807) is 13.2 Å². The number of methoxy groups -OCH3 is 1. The zero-order valence-electron chi connectivity index (χ0n) is 8.29. The van der Waals surface area contributed by atoms with Gasteiger partial charge in [-0.2, -0.15) is 0 Å². The minimum absolute atomic E-state index is 0.370. The molecule has 3 heteroatoms. The topological polar surface area (TPSA) is 41.5 Å². The van der Waals surface area contributed by atoms with Crippen molar-refractivity contribution >= 4 is 0 Å². The molecule has 2 N–H and O–H groups in total.